The van der Waals surface area contributed by atoms with Gasteiger partial charge in [0.15, 0.2) is 5.69 Å². The van der Waals surface area contributed by atoms with Gasteiger partial charge in [0, 0.05) is 11.8 Å². The predicted octanol–water partition coefficient (Wildman–Crippen LogP) is 4.43. The first-order chi connectivity index (χ1) is 10.3. The topological polar surface area (TPSA) is 54.2 Å². The summed E-state index contributed by atoms with van der Waals surface area (Å²) in [5.41, 5.74) is 3.20. The Morgan fingerprint density at radius 1 is 1.00 bits per heavy atom. The Bertz CT molecular complexity index is 847. The number of nitrogens with zero attached hydrogens (tertiary/aromatic N) is 3. The highest BCUT2D eigenvalue weighted by molar-refractivity contribution is 5.66. The third-order valence-electron chi connectivity index (χ3n) is 3.06. The van der Waals surface area contributed by atoms with Crippen molar-refractivity contribution in [2.45, 2.75) is 0 Å². The van der Waals surface area contributed by atoms with E-state index in [0.717, 1.165) is 16.8 Å². The fraction of sp³-hybridized carbons (Fsp3) is 0. The molecular formula is C17H9N3O. The Morgan fingerprint density at radius 3 is 2.33 bits per heavy atom. The molecule has 3 aromatic rings. The monoisotopic (exact) mass is 271 g/mol. The fourth-order valence-corrected chi connectivity index (χ4v) is 1.97. The summed E-state index contributed by atoms with van der Waals surface area (Å²) in [6, 6.07) is 16.4. The minimum absolute atomic E-state index is 0.281. The number of benzene rings is 1. The van der Waals surface area contributed by atoms with Gasteiger partial charge in [0.2, 0.25) is 5.76 Å². The molecule has 0 atom stereocenters. The molecule has 0 bridgehead atoms. The molecule has 0 amide bonds. The van der Waals surface area contributed by atoms with Crippen LogP contribution in [0, 0.1) is 17.9 Å². The molecule has 0 saturated carbocycles. The lowest BCUT2D eigenvalue weighted by atomic mass is 10.1. The minimum atomic E-state index is 0.281. The summed E-state index contributed by atoms with van der Waals surface area (Å²) in [5.74, 6) is 0.901. The molecule has 21 heavy (non-hydrogen) atoms. The first kappa shape index (κ1) is 12.7. The van der Waals surface area contributed by atoms with Gasteiger partial charge in [-0.1, -0.05) is 24.3 Å². The second-order valence-corrected chi connectivity index (χ2v) is 4.37. The summed E-state index contributed by atoms with van der Waals surface area (Å²) >= 11 is 0. The molecule has 0 fully saturated rings. The summed E-state index contributed by atoms with van der Waals surface area (Å²) in [6.07, 6.45) is 1.71. The zero-order valence-corrected chi connectivity index (χ0v) is 10.9. The average molecular weight is 271 g/mol. The number of furan rings is 1. The first-order valence-electron chi connectivity index (χ1n) is 6.24. The summed E-state index contributed by atoms with van der Waals surface area (Å²) in [7, 11) is 0. The highest BCUT2D eigenvalue weighted by Crippen LogP contribution is 2.25. The molecule has 0 saturated heterocycles. The van der Waals surface area contributed by atoms with E-state index < -0.39 is 0 Å². The zero-order valence-electron chi connectivity index (χ0n) is 10.9. The number of hydrogen-bond acceptors (Lipinski definition) is 3. The number of pyridine rings is 1. The van der Waals surface area contributed by atoms with E-state index in [2.05, 4.69) is 9.83 Å². The van der Waals surface area contributed by atoms with Gasteiger partial charge in [-0.25, -0.2) is 4.85 Å². The van der Waals surface area contributed by atoms with E-state index in [9.17, 15) is 0 Å². The molecule has 4 heteroatoms. The van der Waals surface area contributed by atoms with Crippen LogP contribution in [0.1, 0.15) is 5.76 Å². The van der Waals surface area contributed by atoms with Crippen molar-refractivity contribution >= 4 is 5.69 Å². The third kappa shape index (κ3) is 2.51. The van der Waals surface area contributed by atoms with Gasteiger partial charge in [0.05, 0.1) is 12.3 Å². The van der Waals surface area contributed by atoms with E-state index in [0.29, 0.717) is 11.4 Å². The Balaban J connectivity index is 1.90. The van der Waals surface area contributed by atoms with Crippen molar-refractivity contribution in [1.82, 2.24) is 4.98 Å². The molecule has 0 radical (unpaired) electrons. The molecule has 0 aliphatic carbocycles. The van der Waals surface area contributed by atoms with Crippen LogP contribution in [0.15, 0.2) is 59.1 Å². The molecule has 98 valence electrons. The zero-order chi connectivity index (χ0) is 14.7. The molecule has 0 unspecified atom stereocenters. The smallest absolute Gasteiger partial charge is 0.204 e. The second-order valence-electron chi connectivity index (χ2n) is 4.37. The summed E-state index contributed by atoms with van der Waals surface area (Å²) in [5, 5.41) is 8.75. The summed E-state index contributed by atoms with van der Waals surface area (Å²) < 4.78 is 5.36. The highest BCUT2D eigenvalue weighted by Gasteiger charge is 2.06. The normalized spacial score (nSPS) is 9.81. The minimum Gasteiger partial charge on any atom is -0.446 e. The molecular weight excluding hydrogens is 262 g/mol. The van der Waals surface area contributed by atoms with Crippen molar-refractivity contribution in [1.29, 1.82) is 5.26 Å². The van der Waals surface area contributed by atoms with Crippen molar-refractivity contribution < 1.29 is 4.42 Å². The lowest BCUT2D eigenvalue weighted by molar-refractivity contribution is 0.567. The molecule has 4 nitrogen and oxygen atoms in total. The maximum absolute atomic E-state index is 8.75. The maximum Gasteiger partial charge on any atom is 0.204 e. The fourth-order valence-electron chi connectivity index (χ4n) is 1.97. The largest absolute Gasteiger partial charge is 0.446 e. The second kappa shape index (κ2) is 5.32. The number of hydrogen-bond donors (Lipinski definition) is 0. The van der Waals surface area contributed by atoms with Gasteiger partial charge < -0.3 is 4.42 Å². The maximum atomic E-state index is 8.75. The Hall–Kier alpha value is -3.37. The van der Waals surface area contributed by atoms with E-state index in [1.807, 2.05) is 30.3 Å². The van der Waals surface area contributed by atoms with Crippen LogP contribution in [-0.2, 0) is 0 Å². The van der Waals surface area contributed by atoms with Crippen molar-refractivity contribution in [3.05, 3.63) is 71.9 Å². The third-order valence-corrected chi connectivity index (χ3v) is 3.06. The van der Waals surface area contributed by atoms with Gasteiger partial charge in [0.25, 0.3) is 0 Å². The van der Waals surface area contributed by atoms with Gasteiger partial charge in [-0.3, -0.25) is 4.98 Å². The Kier molecular flexibility index (Phi) is 3.21. The SMILES string of the molecule is [C-]#[N+]c1ccc(-c2ccc(-c3ccc(C#N)o3)cn2)cc1. The van der Waals surface area contributed by atoms with Crippen LogP contribution in [0.2, 0.25) is 0 Å². The molecule has 0 aliphatic rings. The molecule has 2 aromatic heterocycles. The highest BCUT2D eigenvalue weighted by atomic mass is 16.3. The number of aromatic nitrogens is 1. The standard InChI is InChI=1S/C17H9N3O/c1-19-14-5-2-12(3-6-14)16-8-4-13(11-20-16)17-9-7-15(10-18)21-17/h2-9,11H. The Labute approximate surface area is 121 Å². The molecule has 0 spiro atoms. The summed E-state index contributed by atoms with van der Waals surface area (Å²) in [6.45, 7) is 6.94. The predicted molar refractivity (Wildman–Crippen MR) is 78.4 cm³/mol. The average Bonchev–Trinajstić information content (AvgIpc) is 3.04. The van der Waals surface area contributed by atoms with E-state index in [-0.39, 0.29) is 5.76 Å². The van der Waals surface area contributed by atoms with E-state index >= 15 is 0 Å². The van der Waals surface area contributed by atoms with E-state index in [1.165, 1.54) is 0 Å². The van der Waals surface area contributed by atoms with Crippen LogP contribution in [0.4, 0.5) is 5.69 Å². The van der Waals surface area contributed by atoms with Gasteiger partial charge in [-0.2, -0.15) is 5.26 Å². The molecule has 2 heterocycles. The number of rotatable bonds is 2. The molecule has 1 aromatic carbocycles. The molecule has 0 aliphatic heterocycles. The van der Waals surface area contributed by atoms with Crippen molar-refractivity contribution in [3.63, 3.8) is 0 Å². The van der Waals surface area contributed by atoms with Crippen molar-refractivity contribution in [2.24, 2.45) is 0 Å². The lowest BCUT2D eigenvalue weighted by Crippen LogP contribution is -1.83. The van der Waals surface area contributed by atoms with Crippen LogP contribution < -0.4 is 0 Å². The van der Waals surface area contributed by atoms with Gasteiger partial charge in [-0.15, -0.1) is 0 Å². The molecule has 0 N–H and O–H groups in total. The Morgan fingerprint density at radius 2 is 1.76 bits per heavy atom. The van der Waals surface area contributed by atoms with E-state index in [4.69, 9.17) is 16.3 Å². The quantitative estimate of drug-likeness (QED) is 0.648. The van der Waals surface area contributed by atoms with Crippen LogP contribution in [0.5, 0.6) is 0 Å². The summed E-state index contributed by atoms with van der Waals surface area (Å²) in [4.78, 5) is 7.76. The number of nitriles is 1. The van der Waals surface area contributed by atoms with Crippen LogP contribution in [-0.4, -0.2) is 4.98 Å². The van der Waals surface area contributed by atoms with Gasteiger partial charge >= 0.3 is 0 Å². The van der Waals surface area contributed by atoms with Crippen LogP contribution in [0.25, 0.3) is 27.4 Å². The first-order valence-corrected chi connectivity index (χ1v) is 6.24. The molecule has 3 rings (SSSR count). The van der Waals surface area contributed by atoms with Gasteiger partial charge in [0.1, 0.15) is 11.8 Å². The van der Waals surface area contributed by atoms with Crippen LogP contribution >= 0.6 is 0 Å². The van der Waals surface area contributed by atoms with Crippen molar-refractivity contribution in [3.8, 4) is 28.7 Å². The van der Waals surface area contributed by atoms with Gasteiger partial charge in [-0.05, 0) is 29.8 Å². The lowest BCUT2D eigenvalue weighted by Gasteiger charge is -2.02. The van der Waals surface area contributed by atoms with Crippen LogP contribution in [0.3, 0.4) is 0 Å². The van der Waals surface area contributed by atoms with Crippen molar-refractivity contribution in [2.75, 3.05) is 0 Å². The van der Waals surface area contributed by atoms with E-state index in [1.54, 1.807) is 30.5 Å².